The second kappa shape index (κ2) is 15.6. The third-order valence-electron chi connectivity index (χ3n) is 4.82. The molecule has 0 spiro atoms. The molecule has 132 valence electrons. The lowest BCUT2D eigenvalue weighted by molar-refractivity contribution is -0.121. The van der Waals surface area contributed by atoms with Gasteiger partial charge in [0.15, 0.2) is 0 Å². The molecular weight excluding hydrogens is 268 g/mol. The van der Waals surface area contributed by atoms with Gasteiger partial charge in [-0.3, -0.25) is 4.79 Å². The summed E-state index contributed by atoms with van der Waals surface area (Å²) in [6.45, 7) is 8.56. The monoisotopic (exact) mass is 310 g/mol. The van der Waals surface area contributed by atoms with E-state index in [0.717, 1.165) is 18.8 Å². The molecule has 1 atom stereocenters. The SMILES string of the molecule is CCCCCCCCCCCCCC(CCC(C)C)C(C)=O. The van der Waals surface area contributed by atoms with Crippen LogP contribution in [0.5, 0.6) is 0 Å². The van der Waals surface area contributed by atoms with Crippen LogP contribution in [0.25, 0.3) is 0 Å². The Kier molecular flexibility index (Phi) is 15.3. The van der Waals surface area contributed by atoms with Crippen LogP contribution < -0.4 is 0 Å². The van der Waals surface area contributed by atoms with E-state index in [2.05, 4.69) is 20.8 Å². The fourth-order valence-electron chi connectivity index (χ4n) is 3.14. The second-order valence-corrected chi connectivity index (χ2v) is 7.60. The van der Waals surface area contributed by atoms with E-state index in [-0.39, 0.29) is 0 Å². The zero-order chi connectivity index (χ0) is 16.6. The van der Waals surface area contributed by atoms with E-state index in [1.807, 2.05) is 0 Å². The van der Waals surface area contributed by atoms with Gasteiger partial charge in [-0.1, -0.05) is 97.8 Å². The molecule has 1 unspecified atom stereocenters. The Morgan fingerprint density at radius 1 is 0.682 bits per heavy atom. The molecule has 0 aliphatic carbocycles. The van der Waals surface area contributed by atoms with Crippen LogP contribution in [0.2, 0.25) is 0 Å². The van der Waals surface area contributed by atoms with Crippen molar-refractivity contribution in [2.45, 2.75) is 118 Å². The molecule has 0 N–H and O–H groups in total. The number of ketones is 1. The van der Waals surface area contributed by atoms with Gasteiger partial charge >= 0.3 is 0 Å². The third kappa shape index (κ3) is 14.6. The number of hydrogen-bond donors (Lipinski definition) is 0. The number of hydrogen-bond acceptors (Lipinski definition) is 1. The Hall–Kier alpha value is -0.330. The first-order chi connectivity index (χ1) is 10.6. The van der Waals surface area contributed by atoms with Crippen LogP contribution in [-0.2, 0) is 4.79 Å². The normalized spacial score (nSPS) is 12.8. The largest absolute Gasteiger partial charge is 0.300 e. The van der Waals surface area contributed by atoms with E-state index in [9.17, 15) is 4.79 Å². The standard InChI is InChI=1S/C21H42O/c1-5-6-7-8-9-10-11-12-13-14-15-16-21(20(4)22)18-17-19(2)3/h19,21H,5-18H2,1-4H3. The Balaban J connectivity index is 3.40. The molecule has 0 aromatic carbocycles. The van der Waals surface area contributed by atoms with Crippen LogP contribution in [0.1, 0.15) is 118 Å². The van der Waals surface area contributed by atoms with E-state index >= 15 is 0 Å². The highest BCUT2D eigenvalue weighted by Gasteiger charge is 2.14. The summed E-state index contributed by atoms with van der Waals surface area (Å²) in [6, 6.07) is 0. The lowest BCUT2D eigenvalue weighted by Crippen LogP contribution is -2.12. The van der Waals surface area contributed by atoms with Gasteiger partial charge in [-0.25, -0.2) is 0 Å². The first-order valence-corrected chi connectivity index (χ1v) is 10.1. The van der Waals surface area contributed by atoms with Crippen molar-refractivity contribution in [2.24, 2.45) is 11.8 Å². The molecule has 22 heavy (non-hydrogen) atoms. The number of unbranched alkanes of at least 4 members (excludes halogenated alkanes) is 10. The van der Waals surface area contributed by atoms with Crippen molar-refractivity contribution in [3.8, 4) is 0 Å². The average molecular weight is 311 g/mol. The second-order valence-electron chi connectivity index (χ2n) is 7.60. The molecule has 1 heteroatoms. The Morgan fingerprint density at radius 2 is 1.14 bits per heavy atom. The van der Waals surface area contributed by atoms with Crippen molar-refractivity contribution in [1.29, 1.82) is 0 Å². The molecule has 0 saturated carbocycles. The van der Waals surface area contributed by atoms with Crippen molar-refractivity contribution in [3.63, 3.8) is 0 Å². The molecule has 1 nitrogen and oxygen atoms in total. The fraction of sp³-hybridized carbons (Fsp3) is 0.952. The van der Waals surface area contributed by atoms with E-state index in [1.54, 1.807) is 6.92 Å². The van der Waals surface area contributed by atoms with E-state index in [4.69, 9.17) is 0 Å². The summed E-state index contributed by atoms with van der Waals surface area (Å²) in [6.07, 6.45) is 18.6. The number of carbonyl (C=O) groups is 1. The van der Waals surface area contributed by atoms with Gasteiger partial charge in [0.1, 0.15) is 5.78 Å². The van der Waals surface area contributed by atoms with Gasteiger partial charge in [0.05, 0.1) is 0 Å². The fourth-order valence-corrected chi connectivity index (χ4v) is 3.14. The van der Waals surface area contributed by atoms with Gasteiger partial charge < -0.3 is 0 Å². The average Bonchev–Trinajstić information content (AvgIpc) is 2.47. The summed E-state index contributed by atoms with van der Waals surface area (Å²) in [7, 11) is 0. The van der Waals surface area contributed by atoms with Gasteiger partial charge in [-0.05, 0) is 25.7 Å². The molecule has 0 saturated heterocycles. The molecule has 0 aliphatic heterocycles. The highest BCUT2D eigenvalue weighted by molar-refractivity contribution is 5.78. The maximum absolute atomic E-state index is 11.7. The summed E-state index contributed by atoms with van der Waals surface area (Å²) >= 11 is 0. The minimum Gasteiger partial charge on any atom is -0.300 e. The molecule has 0 aromatic rings. The van der Waals surface area contributed by atoms with Gasteiger partial charge in [0, 0.05) is 5.92 Å². The summed E-state index contributed by atoms with van der Waals surface area (Å²) in [5.41, 5.74) is 0. The smallest absolute Gasteiger partial charge is 0.132 e. The van der Waals surface area contributed by atoms with Gasteiger partial charge in [0.2, 0.25) is 0 Å². The van der Waals surface area contributed by atoms with Crippen LogP contribution in [-0.4, -0.2) is 5.78 Å². The van der Waals surface area contributed by atoms with Crippen molar-refractivity contribution < 1.29 is 4.79 Å². The van der Waals surface area contributed by atoms with Crippen LogP contribution in [0.3, 0.4) is 0 Å². The Bertz CT molecular complexity index is 244. The number of rotatable bonds is 16. The minimum atomic E-state index is 0.334. The van der Waals surface area contributed by atoms with Crippen LogP contribution in [0.4, 0.5) is 0 Å². The van der Waals surface area contributed by atoms with Gasteiger partial charge in [-0.2, -0.15) is 0 Å². The van der Waals surface area contributed by atoms with Crippen LogP contribution >= 0.6 is 0 Å². The van der Waals surface area contributed by atoms with Crippen molar-refractivity contribution in [3.05, 3.63) is 0 Å². The lowest BCUT2D eigenvalue weighted by atomic mass is 9.90. The Morgan fingerprint density at radius 3 is 1.55 bits per heavy atom. The van der Waals surface area contributed by atoms with Crippen molar-refractivity contribution in [2.75, 3.05) is 0 Å². The molecule has 0 fully saturated rings. The quantitative estimate of drug-likeness (QED) is 0.273. The lowest BCUT2D eigenvalue weighted by Gasteiger charge is -2.14. The van der Waals surface area contributed by atoms with E-state index in [0.29, 0.717) is 11.7 Å². The molecule has 0 aromatic heterocycles. The topological polar surface area (TPSA) is 17.1 Å². The molecule has 0 rings (SSSR count). The summed E-state index contributed by atoms with van der Waals surface area (Å²) in [5, 5.41) is 0. The van der Waals surface area contributed by atoms with Crippen molar-refractivity contribution in [1.82, 2.24) is 0 Å². The molecule has 0 amide bonds. The zero-order valence-corrected chi connectivity index (χ0v) is 16.0. The Labute approximate surface area is 140 Å². The summed E-state index contributed by atoms with van der Waals surface area (Å²) in [4.78, 5) is 11.7. The summed E-state index contributed by atoms with van der Waals surface area (Å²) in [5.74, 6) is 1.47. The molecule has 0 bridgehead atoms. The van der Waals surface area contributed by atoms with Crippen molar-refractivity contribution >= 4 is 5.78 Å². The third-order valence-corrected chi connectivity index (χ3v) is 4.82. The first-order valence-electron chi connectivity index (χ1n) is 10.1. The van der Waals surface area contributed by atoms with Gasteiger partial charge in [0.25, 0.3) is 0 Å². The predicted molar refractivity (Wildman–Crippen MR) is 99.3 cm³/mol. The van der Waals surface area contributed by atoms with E-state index < -0.39 is 0 Å². The molecule has 0 aliphatic rings. The minimum absolute atomic E-state index is 0.334. The highest BCUT2D eigenvalue weighted by atomic mass is 16.1. The maximum atomic E-state index is 11.7. The van der Waals surface area contributed by atoms with Crippen LogP contribution in [0, 0.1) is 11.8 Å². The number of carbonyl (C=O) groups excluding carboxylic acids is 1. The summed E-state index contributed by atoms with van der Waals surface area (Å²) < 4.78 is 0. The molecular formula is C21H42O. The zero-order valence-electron chi connectivity index (χ0n) is 16.0. The number of Topliss-reactive ketones (excluding diaryl/α,β-unsaturated/α-hetero) is 1. The molecule has 0 heterocycles. The highest BCUT2D eigenvalue weighted by Crippen LogP contribution is 2.20. The maximum Gasteiger partial charge on any atom is 0.132 e. The van der Waals surface area contributed by atoms with Crippen LogP contribution in [0.15, 0.2) is 0 Å². The van der Waals surface area contributed by atoms with Gasteiger partial charge in [-0.15, -0.1) is 0 Å². The first kappa shape index (κ1) is 21.7. The van der Waals surface area contributed by atoms with E-state index in [1.165, 1.54) is 77.0 Å². The predicted octanol–water partition coefficient (Wildman–Crippen LogP) is 7.33. The molecule has 0 radical (unpaired) electrons.